The van der Waals surface area contributed by atoms with Gasteiger partial charge in [-0.1, -0.05) is 152 Å². The number of fused-ring (bicyclic) bond motifs is 9. The van der Waals surface area contributed by atoms with Gasteiger partial charge in [0.15, 0.2) is 11.6 Å². The Balaban J connectivity index is 1.08. The van der Waals surface area contributed by atoms with Gasteiger partial charge in [-0.3, -0.25) is 4.57 Å². The lowest BCUT2D eigenvalue weighted by Gasteiger charge is -2.15. The van der Waals surface area contributed by atoms with E-state index in [1.165, 1.54) is 0 Å². The smallest absolute Gasteiger partial charge is 0.238 e. The van der Waals surface area contributed by atoms with Gasteiger partial charge >= 0.3 is 0 Å². The standard InChI is InChI=1S/C57H34N4O2/c1-3-15-35(16-4-1)38-31-39(41-22-14-28-51-53(41)47-21-9-12-27-50(47)62-51)33-40(32-38)42-23-13-24-46-43-19-7-10-25-48(43)61(54(42)46)57-59-55(36-17-5-2-6-18-36)58-56(60-57)37-29-30-45-44-20-8-11-26-49(44)63-52(45)34-37/h1-34H. The molecule has 294 valence electrons. The maximum absolute atomic E-state index is 6.39. The zero-order valence-corrected chi connectivity index (χ0v) is 33.7. The molecule has 9 aromatic carbocycles. The second kappa shape index (κ2) is 14.0. The fourth-order valence-electron chi connectivity index (χ4n) is 9.39. The molecule has 0 N–H and O–H groups in total. The molecule has 4 heterocycles. The third-order valence-electron chi connectivity index (χ3n) is 12.3. The second-order valence-corrected chi connectivity index (χ2v) is 16.0. The molecule has 0 saturated carbocycles. The first-order valence-electron chi connectivity index (χ1n) is 21.1. The fourth-order valence-corrected chi connectivity index (χ4v) is 9.39. The van der Waals surface area contributed by atoms with Crippen molar-refractivity contribution in [3.63, 3.8) is 0 Å². The van der Waals surface area contributed by atoms with Crippen LogP contribution in [0.15, 0.2) is 215 Å². The molecule has 6 nitrogen and oxygen atoms in total. The molecule has 13 rings (SSSR count). The first-order chi connectivity index (χ1) is 31.2. The molecule has 13 aromatic rings. The van der Waals surface area contributed by atoms with Crippen LogP contribution in [0.3, 0.4) is 0 Å². The molecular formula is C57H34N4O2. The van der Waals surface area contributed by atoms with Gasteiger partial charge in [-0.25, -0.2) is 4.98 Å². The molecule has 63 heavy (non-hydrogen) atoms. The molecule has 6 heteroatoms. The Hall–Kier alpha value is -8.61. The molecule has 0 saturated heterocycles. The number of hydrogen-bond donors (Lipinski definition) is 0. The van der Waals surface area contributed by atoms with E-state index in [-0.39, 0.29) is 0 Å². The van der Waals surface area contributed by atoms with Crippen LogP contribution < -0.4 is 0 Å². The fraction of sp³-hybridized carbons (Fsp3) is 0. The highest BCUT2D eigenvalue weighted by atomic mass is 16.3. The molecule has 4 aromatic heterocycles. The van der Waals surface area contributed by atoms with E-state index in [2.05, 4.69) is 144 Å². The number of furan rings is 2. The van der Waals surface area contributed by atoms with Crippen LogP contribution in [0.5, 0.6) is 0 Å². The van der Waals surface area contributed by atoms with E-state index in [0.29, 0.717) is 17.6 Å². The van der Waals surface area contributed by atoms with Crippen molar-refractivity contribution in [1.29, 1.82) is 0 Å². The van der Waals surface area contributed by atoms with Gasteiger partial charge < -0.3 is 8.83 Å². The van der Waals surface area contributed by atoms with Crippen LogP contribution in [0.1, 0.15) is 0 Å². The molecule has 0 amide bonds. The number of aromatic nitrogens is 4. The van der Waals surface area contributed by atoms with Crippen molar-refractivity contribution in [1.82, 2.24) is 19.5 Å². The summed E-state index contributed by atoms with van der Waals surface area (Å²) in [5.41, 5.74) is 13.7. The van der Waals surface area contributed by atoms with Crippen LogP contribution in [0.2, 0.25) is 0 Å². The number of hydrogen-bond acceptors (Lipinski definition) is 5. The van der Waals surface area contributed by atoms with E-state index in [1.54, 1.807) is 0 Å². The lowest BCUT2D eigenvalue weighted by atomic mass is 9.91. The van der Waals surface area contributed by atoms with Crippen molar-refractivity contribution in [3.8, 4) is 62.1 Å². The summed E-state index contributed by atoms with van der Waals surface area (Å²) < 4.78 is 15.0. The molecule has 0 bridgehead atoms. The zero-order chi connectivity index (χ0) is 41.4. The Labute approximate surface area is 361 Å². The van der Waals surface area contributed by atoms with Gasteiger partial charge in [-0.2, -0.15) is 9.97 Å². The summed E-state index contributed by atoms with van der Waals surface area (Å²) in [5, 5.41) is 6.53. The van der Waals surface area contributed by atoms with Crippen molar-refractivity contribution in [3.05, 3.63) is 206 Å². The maximum atomic E-state index is 6.39. The predicted molar refractivity (Wildman–Crippen MR) is 256 cm³/mol. The topological polar surface area (TPSA) is 69.9 Å². The lowest BCUT2D eigenvalue weighted by molar-refractivity contribution is 0.668. The molecule has 0 aliphatic carbocycles. The van der Waals surface area contributed by atoms with Gasteiger partial charge in [0.05, 0.1) is 11.0 Å². The SMILES string of the molecule is c1ccc(-c2cc(-c3cccc4oc5ccccc5c34)cc(-c3cccc4c5ccccc5n(-c5nc(-c6ccccc6)nc(-c6ccc7c(c6)oc6ccccc67)n5)c34)c2)cc1. The molecule has 0 fully saturated rings. The number of rotatable bonds is 6. The summed E-state index contributed by atoms with van der Waals surface area (Å²) in [6, 6.07) is 71.7. The van der Waals surface area contributed by atoms with Crippen molar-refractivity contribution in [2.45, 2.75) is 0 Å². The van der Waals surface area contributed by atoms with Gasteiger partial charge in [0.1, 0.15) is 22.3 Å². The van der Waals surface area contributed by atoms with E-state index in [1.807, 2.05) is 66.7 Å². The first-order valence-corrected chi connectivity index (χ1v) is 21.1. The maximum Gasteiger partial charge on any atom is 0.238 e. The molecule has 0 aliphatic heterocycles. The number of para-hydroxylation sites is 4. The van der Waals surface area contributed by atoms with Gasteiger partial charge in [0, 0.05) is 49.0 Å². The van der Waals surface area contributed by atoms with Crippen molar-refractivity contribution in [2.75, 3.05) is 0 Å². The molecule has 0 unspecified atom stereocenters. The Bertz CT molecular complexity index is 3920. The molecule has 0 atom stereocenters. The Morgan fingerprint density at radius 1 is 0.317 bits per heavy atom. The minimum atomic E-state index is 0.524. The molecular weight excluding hydrogens is 773 g/mol. The van der Waals surface area contributed by atoms with Crippen LogP contribution >= 0.6 is 0 Å². The van der Waals surface area contributed by atoms with E-state index < -0.39 is 0 Å². The Kier molecular flexibility index (Phi) is 7.80. The second-order valence-electron chi connectivity index (χ2n) is 16.0. The van der Waals surface area contributed by atoms with Crippen molar-refractivity contribution in [2.24, 2.45) is 0 Å². The van der Waals surface area contributed by atoms with Gasteiger partial charge in [0.25, 0.3) is 0 Å². The van der Waals surface area contributed by atoms with Crippen molar-refractivity contribution >= 4 is 65.7 Å². The third kappa shape index (κ3) is 5.69. The predicted octanol–water partition coefficient (Wildman–Crippen LogP) is 15.1. The quantitative estimate of drug-likeness (QED) is 0.167. The Morgan fingerprint density at radius 3 is 1.68 bits per heavy atom. The van der Waals surface area contributed by atoms with Crippen LogP contribution in [0.25, 0.3) is 128 Å². The Morgan fingerprint density at radius 2 is 0.873 bits per heavy atom. The summed E-state index contributed by atoms with van der Waals surface area (Å²) in [6.45, 7) is 0. The summed E-state index contributed by atoms with van der Waals surface area (Å²) in [6.07, 6.45) is 0. The average molecular weight is 807 g/mol. The normalized spacial score (nSPS) is 11.8. The molecule has 0 spiro atoms. The highest BCUT2D eigenvalue weighted by molar-refractivity contribution is 6.15. The van der Waals surface area contributed by atoms with Crippen molar-refractivity contribution < 1.29 is 8.83 Å². The largest absolute Gasteiger partial charge is 0.456 e. The molecule has 0 radical (unpaired) electrons. The zero-order valence-electron chi connectivity index (χ0n) is 33.7. The molecule has 0 aliphatic rings. The van der Waals surface area contributed by atoms with Crippen LogP contribution in [0, 0.1) is 0 Å². The van der Waals surface area contributed by atoms with Crippen LogP contribution in [-0.2, 0) is 0 Å². The first kappa shape index (κ1) is 35.2. The third-order valence-corrected chi connectivity index (χ3v) is 12.3. The number of benzene rings is 9. The van der Waals surface area contributed by atoms with E-state index in [0.717, 1.165) is 110 Å². The number of nitrogens with zero attached hydrogens (tertiary/aromatic N) is 4. The van der Waals surface area contributed by atoms with E-state index in [4.69, 9.17) is 23.8 Å². The minimum absolute atomic E-state index is 0.524. The van der Waals surface area contributed by atoms with Gasteiger partial charge in [-0.15, -0.1) is 0 Å². The van der Waals surface area contributed by atoms with Gasteiger partial charge in [-0.05, 0) is 82.4 Å². The summed E-state index contributed by atoms with van der Waals surface area (Å²) in [4.78, 5) is 15.8. The minimum Gasteiger partial charge on any atom is -0.456 e. The van der Waals surface area contributed by atoms with Crippen LogP contribution in [-0.4, -0.2) is 19.5 Å². The summed E-state index contributed by atoms with van der Waals surface area (Å²) in [5.74, 6) is 1.66. The summed E-state index contributed by atoms with van der Waals surface area (Å²) >= 11 is 0. The average Bonchev–Trinajstić information content (AvgIpc) is 4.04. The highest BCUT2D eigenvalue weighted by Gasteiger charge is 2.22. The summed E-state index contributed by atoms with van der Waals surface area (Å²) in [7, 11) is 0. The van der Waals surface area contributed by atoms with E-state index >= 15 is 0 Å². The highest BCUT2D eigenvalue weighted by Crippen LogP contribution is 2.43. The van der Waals surface area contributed by atoms with Gasteiger partial charge in [0.2, 0.25) is 5.95 Å². The monoisotopic (exact) mass is 806 g/mol. The van der Waals surface area contributed by atoms with Crippen LogP contribution in [0.4, 0.5) is 0 Å². The van der Waals surface area contributed by atoms with E-state index in [9.17, 15) is 0 Å². The lowest BCUT2D eigenvalue weighted by Crippen LogP contribution is -2.07.